The lowest BCUT2D eigenvalue weighted by molar-refractivity contribution is -0.118. The van der Waals surface area contributed by atoms with Crippen molar-refractivity contribution in [2.45, 2.75) is 8.00 Å². The van der Waals surface area contributed by atoms with Gasteiger partial charge in [-0.15, -0.1) is 11.3 Å². The first kappa shape index (κ1) is 14.8. The number of alkyl halides is 3. The van der Waals surface area contributed by atoms with Crippen molar-refractivity contribution in [2.24, 2.45) is 0 Å². The van der Waals surface area contributed by atoms with Gasteiger partial charge in [0, 0.05) is 0 Å². The van der Waals surface area contributed by atoms with E-state index in [0.29, 0.717) is 0 Å². The topological polar surface area (TPSA) is 63.2 Å². The molecule has 1 aromatic rings. The third-order valence-corrected chi connectivity index (χ3v) is 5.53. The molecule has 90 valence electrons. The van der Waals surface area contributed by atoms with Crippen LogP contribution in [0.15, 0.2) is 16.3 Å². The summed E-state index contributed by atoms with van der Waals surface area (Å²) in [5.74, 6) is -1.21. The van der Waals surface area contributed by atoms with Gasteiger partial charge in [0.15, 0.2) is 0 Å². The highest BCUT2D eigenvalue weighted by Crippen LogP contribution is 2.28. The molecule has 0 aromatic carbocycles. The van der Waals surface area contributed by atoms with Crippen LogP contribution >= 0.6 is 68.7 Å². The highest BCUT2D eigenvalue weighted by molar-refractivity contribution is 14.1. The van der Waals surface area contributed by atoms with Gasteiger partial charge in [-0.05, 0) is 34.7 Å². The van der Waals surface area contributed by atoms with Crippen molar-refractivity contribution < 1.29 is 13.2 Å². The van der Waals surface area contributed by atoms with Crippen LogP contribution in [0.5, 0.6) is 0 Å². The Morgan fingerprint density at radius 1 is 1.38 bits per heavy atom. The number of hydrogen-bond donors (Lipinski definition) is 1. The number of hydrogen-bond acceptors (Lipinski definition) is 4. The summed E-state index contributed by atoms with van der Waals surface area (Å²) in [6.45, 7) is 0. The molecular weight excluding hydrogens is 431 g/mol. The standard InChI is InChI=1S/C6H3Cl3INO3S2/c7-6(8,9)5(12)11-16(13,14)4-2-1-3(10)15-4/h1-2H,(H,11,12). The Balaban J connectivity index is 2.94. The van der Waals surface area contributed by atoms with Crippen molar-refractivity contribution in [1.82, 2.24) is 4.72 Å². The minimum atomic E-state index is -3.96. The minimum absolute atomic E-state index is 0.0144. The van der Waals surface area contributed by atoms with E-state index in [9.17, 15) is 13.2 Å². The molecule has 0 fully saturated rings. The van der Waals surface area contributed by atoms with E-state index in [0.717, 1.165) is 14.2 Å². The molecule has 0 radical (unpaired) electrons. The van der Waals surface area contributed by atoms with Crippen LogP contribution < -0.4 is 4.72 Å². The predicted molar refractivity (Wildman–Crippen MR) is 72.7 cm³/mol. The first-order valence-electron chi connectivity index (χ1n) is 3.52. The van der Waals surface area contributed by atoms with E-state index >= 15 is 0 Å². The molecule has 0 saturated heterocycles. The zero-order valence-corrected chi connectivity index (χ0v) is 13.3. The Bertz CT molecular complexity index is 507. The Kier molecular flexibility index (Phi) is 4.76. The Morgan fingerprint density at radius 3 is 2.31 bits per heavy atom. The van der Waals surface area contributed by atoms with Crippen LogP contribution in [0.25, 0.3) is 0 Å². The highest BCUT2D eigenvalue weighted by Gasteiger charge is 2.34. The van der Waals surface area contributed by atoms with Gasteiger partial charge in [-0.3, -0.25) is 4.79 Å². The summed E-state index contributed by atoms with van der Waals surface area (Å²) in [4.78, 5) is 11.2. The third-order valence-electron chi connectivity index (χ3n) is 1.30. The maximum Gasteiger partial charge on any atom is 0.285 e. The molecule has 1 amide bonds. The number of sulfonamides is 1. The van der Waals surface area contributed by atoms with Crippen molar-refractivity contribution in [3.63, 3.8) is 0 Å². The quantitative estimate of drug-likeness (QED) is 0.575. The van der Waals surface area contributed by atoms with E-state index in [1.54, 1.807) is 10.8 Å². The molecule has 10 heteroatoms. The van der Waals surface area contributed by atoms with Crippen LogP contribution in [0.4, 0.5) is 0 Å². The molecule has 0 spiro atoms. The lowest BCUT2D eigenvalue weighted by Crippen LogP contribution is -2.38. The molecule has 4 nitrogen and oxygen atoms in total. The van der Waals surface area contributed by atoms with Gasteiger partial charge in [-0.1, -0.05) is 34.8 Å². The van der Waals surface area contributed by atoms with E-state index in [2.05, 4.69) is 0 Å². The summed E-state index contributed by atoms with van der Waals surface area (Å²) < 4.78 is 23.3. The minimum Gasteiger partial charge on any atom is -0.269 e. The summed E-state index contributed by atoms with van der Waals surface area (Å²) in [6.07, 6.45) is 0. The van der Waals surface area contributed by atoms with Crippen molar-refractivity contribution in [3.05, 3.63) is 15.0 Å². The maximum absolute atomic E-state index is 11.6. The van der Waals surface area contributed by atoms with Crippen LogP contribution in [0.2, 0.25) is 0 Å². The molecule has 1 heterocycles. The first-order chi connectivity index (χ1) is 7.13. The van der Waals surface area contributed by atoms with Crippen molar-refractivity contribution >= 4 is 84.7 Å². The second-order valence-electron chi connectivity index (χ2n) is 2.49. The van der Waals surface area contributed by atoms with E-state index in [1.165, 1.54) is 6.07 Å². The Hall–Kier alpha value is 0.720. The van der Waals surface area contributed by atoms with Gasteiger partial charge < -0.3 is 0 Å². The third kappa shape index (κ3) is 3.88. The van der Waals surface area contributed by atoms with Gasteiger partial charge in [0.05, 0.1) is 2.88 Å². The maximum atomic E-state index is 11.6. The number of rotatable bonds is 2. The number of thiophene rings is 1. The van der Waals surface area contributed by atoms with Crippen LogP contribution in [-0.2, 0) is 14.8 Å². The largest absolute Gasteiger partial charge is 0.285 e. The number of carbonyl (C=O) groups is 1. The molecule has 0 aliphatic rings. The SMILES string of the molecule is O=C(NS(=O)(=O)c1ccc(I)s1)C(Cl)(Cl)Cl. The van der Waals surface area contributed by atoms with E-state index in [1.807, 2.05) is 22.6 Å². The summed E-state index contributed by atoms with van der Waals surface area (Å²) in [7, 11) is -3.96. The van der Waals surface area contributed by atoms with Crippen molar-refractivity contribution in [3.8, 4) is 0 Å². The molecule has 0 bridgehead atoms. The molecular formula is C6H3Cl3INO3S2. The fourth-order valence-electron chi connectivity index (χ4n) is 0.672. The lowest BCUT2D eigenvalue weighted by atomic mass is 10.7. The van der Waals surface area contributed by atoms with Gasteiger partial charge in [0.2, 0.25) is 0 Å². The van der Waals surface area contributed by atoms with E-state index in [4.69, 9.17) is 34.8 Å². The normalized spacial score (nSPS) is 12.5. The zero-order chi connectivity index (χ0) is 12.6. The molecule has 1 aromatic heterocycles. The average Bonchev–Trinajstić information content (AvgIpc) is 2.49. The predicted octanol–water partition coefficient (Wildman–Crippen LogP) is 2.53. The summed E-state index contributed by atoms with van der Waals surface area (Å²) >= 11 is 18.7. The second kappa shape index (κ2) is 5.15. The summed E-state index contributed by atoms with van der Waals surface area (Å²) in [6, 6.07) is 2.96. The molecule has 0 aliphatic heterocycles. The number of amides is 1. The molecule has 1 N–H and O–H groups in total. The lowest BCUT2D eigenvalue weighted by Gasteiger charge is -2.10. The van der Waals surface area contributed by atoms with Gasteiger partial charge >= 0.3 is 0 Å². The van der Waals surface area contributed by atoms with Crippen LogP contribution in [-0.4, -0.2) is 18.1 Å². The molecule has 0 saturated carbocycles. The molecule has 0 atom stereocenters. The second-order valence-corrected chi connectivity index (χ2v) is 9.66. The van der Waals surface area contributed by atoms with Crippen LogP contribution in [0, 0.1) is 2.88 Å². The zero-order valence-electron chi connectivity index (χ0n) is 7.21. The van der Waals surface area contributed by atoms with E-state index < -0.39 is 19.7 Å². The van der Waals surface area contributed by atoms with Gasteiger partial charge in [0.1, 0.15) is 4.21 Å². The number of carbonyl (C=O) groups excluding carboxylic acids is 1. The van der Waals surface area contributed by atoms with Crippen molar-refractivity contribution in [2.75, 3.05) is 0 Å². The monoisotopic (exact) mass is 433 g/mol. The summed E-state index contributed by atoms with van der Waals surface area (Å²) in [5.41, 5.74) is 0. The highest BCUT2D eigenvalue weighted by atomic mass is 127. The number of nitrogens with one attached hydrogen (secondary N) is 1. The smallest absolute Gasteiger partial charge is 0.269 e. The fourth-order valence-corrected chi connectivity index (χ4v) is 4.36. The van der Waals surface area contributed by atoms with Crippen LogP contribution in [0.3, 0.4) is 0 Å². The molecule has 0 aliphatic carbocycles. The van der Waals surface area contributed by atoms with Gasteiger partial charge in [0.25, 0.3) is 19.7 Å². The van der Waals surface area contributed by atoms with Gasteiger partial charge in [-0.25, -0.2) is 13.1 Å². The molecule has 0 unspecified atom stereocenters. The van der Waals surface area contributed by atoms with Gasteiger partial charge in [-0.2, -0.15) is 0 Å². The number of halogens is 4. The molecule has 1 rings (SSSR count). The first-order valence-corrected chi connectivity index (χ1v) is 8.03. The Morgan fingerprint density at radius 2 is 1.94 bits per heavy atom. The fraction of sp³-hybridized carbons (Fsp3) is 0.167. The summed E-state index contributed by atoms with van der Waals surface area (Å²) in [5, 5.41) is 0. The van der Waals surface area contributed by atoms with Crippen molar-refractivity contribution in [1.29, 1.82) is 0 Å². The molecule has 16 heavy (non-hydrogen) atoms. The average molecular weight is 434 g/mol. The Labute approximate surface area is 124 Å². The van der Waals surface area contributed by atoms with E-state index in [-0.39, 0.29) is 4.21 Å². The van der Waals surface area contributed by atoms with Crippen LogP contribution in [0.1, 0.15) is 0 Å².